The smallest absolute Gasteiger partial charge is 0.343 e. The van der Waals surface area contributed by atoms with Crippen LogP contribution in [0.1, 0.15) is 38.1 Å². The Morgan fingerprint density at radius 3 is 2.60 bits per heavy atom. The van der Waals surface area contributed by atoms with Crippen molar-refractivity contribution >= 4 is 40.2 Å². The molecule has 0 amide bonds. The Labute approximate surface area is 232 Å². The van der Waals surface area contributed by atoms with E-state index in [1.807, 2.05) is 57.2 Å². The van der Waals surface area contributed by atoms with E-state index in [4.69, 9.17) is 19.6 Å². The molecule has 0 fully saturated rings. The number of hydrogen-bond donors (Lipinski definition) is 3. The molecule has 2 aromatic heterocycles. The second-order valence-corrected chi connectivity index (χ2v) is 8.95. The number of benzene rings is 2. The third-order valence-electron chi connectivity index (χ3n) is 6.21. The molecule has 0 spiro atoms. The summed E-state index contributed by atoms with van der Waals surface area (Å²) in [5.74, 6) is 0.803. The molecule has 4 aromatic rings. The molecule has 2 aromatic carbocycles. The first kappa shape index (κ1) is 28.1. The van der Waals surface area contributed by atoms with Crippen molar-refractivity contribution in [3.05, 3.63) is 65.5 Å². The second kappa shape index (κ2) is 12.3. The number of ether oxygens (including phenoxy) is 2. The number of aromatic nitrogens is 3. The predicted molar refractivity (Wildman–Crippen MR) is 156 cm³/mol. The highest BCUT2D eigenvalue weighted by Gasteiger charge is 2.22. The maximum absolute atomic E-state index is 12.8. The number of methoxy groups -OCH3 is 1. The fraction of sp³-hybridized carbons (Fsp3) is 0.276. The molecule has 0 radical (unpaired) electrons. The summed E-state index contributed by atoms with van der Waals surface area (Å²) in [6.07, 6.45) is 1.42. The number of aliphatic imine (C=N–C) groups is 1. The van der Waals surface area contributed by atoms with Crippen molar-refractivity contribution in [2.75, 3.05) is 31.4 Å². The van der Waals surface area contributed by atoms with E-state index in [-0.39, 0.29) is 30.0 Å². The van der Waals surface area contributed by atoms with Crippen LogP contribution in [0.25, 0.3) is 22.6 Å². The van der Waals surface area contributed by atoms with E-state index in [9.17, 15) is 4.79 Å². The normalized spacial score (nSPS) is 13.0. The summed E-state index contributed by atoms with van der Waals surface area (Å²) >= 11 is 0. The molecule has 0 aliphatic carbocycles. The van der Waals surface area contributed by atoms with Crippen LogP contribution in [0.4, 0.5) is 17.5 Å². The van der Waals surface area contributed by atoms with Gasteiger partial charge < -0.3 is 30.3 Å². The number of nitrogens with one attached hydrogen (secondary N) is 2. The molecule has 0 aliphatic rings. The highest BCUT2D eigenvalue weighted by atomic mass is 16.5. The quantitative estimate of drug-likeness (QED) is 0.177. The lowest BCUT2D eigenvalue weighted by Crippen LogP contribution is -2.26. The molecule has 208 valence electrons. The molecule has 0 aliphatic heterocycles. The Bertz CT molecular complexity index is 1560. The van der Waals surface area contributed by atoms with Gasteiger partial charge >= 0.3 is 5.97 Å². The van der Waals surface area contributed by atoms with Crippen molar-refractivity contribution in [1.82, 2.24) is 15.0 Å². The van der Waals surface area contributed by atoms with Crippen molar-refractivity contribution < 1.29 is 18.7 Å². The Balaban J connectivity index is 1.74. The first-order valence-corrected chi connectivity index (χ1v) is 12.8. The van der Waals surface area contributed by atoms with Gasteiger partial charge in [0.15, 0.2) is 17.2 Å². The lowest BCUT2D eigenvalue weighted by Gasteiger charge is -2.20. The van der Waals surface area contributed by atoms with Crippen LogP contribution < -0.4 is 21.1 Å². The molecule has 0 bridgehead atoms. The average molecular weight is 544 g/mol. The van der Waals surface area contributed by atoms with Crippen molar-refractivity contribution in [2.45, 2.75) is 33.7 Å². The number of oxazole rings is 1. The van der Waals surface area contributed by atoms with E-state index in [2.05, 4.69) is 30.6 Å². The number of nitrogens with two attached hydrogens (primary N) is 1. The van der Waals surface area contributed by atoms with Gasteiger partial charge in [-0.3, -0.25) is 4.99 Å². The van der Waals surface area contributed by atoms with Crippen LogP contribution in [-0.2, 0) is 4.74 Å². The van der Waals surface area contributed by atoms with Crippen LogP contribution in [-0.4, -0.2) is 53.4 Å². The summed E-state index contributed by atoms with van der Waals surface area (Å²) in [6, 6.07) is 12.7. The Hall–Kier alpha value is -4.93. The van der Waals surface area contributed by atoms with Gasteiger partial charge in [-0.05, 0) is 52.0 Å². The van der Waals surface area contributed by atoms with Crippen LogP contribution in [0.15, 0.2) is 69.3 Å². The summed E-state index contributed by atoms with van der Waals surface area (Å²) in [6.45, 7) is 7.57. The maximum atomic E-state index is 12.8. The molecule has 0 saturated carbocycles. The number of fused-ring (bicyclic) bond motifs is 1. The third-order valence-corrected chi connectivity index (χ3v) is 6.21. The second-order valence-electron chi connectivity index (χ2n) is 8.95. The van der Waals surface area contributed by atoms with E-state index < -0.39 is 5.97 Å². The van der Waals surface area contributed by atoms with Crippen LogP contribution in [0, 0.1) is 0 Å². The minimum absolute atomic E-state index is 0.159. The summed E-state index contributed by atoms with van der Waals surface area (Å²) in [5.41, 5.74) is 11.1. The number of anilines is 3. The first-order chi connectivity index (χ1) is 19.3. The topological polar surface area (TPSA) is 150 Å². The zero-order valence-corrected chi connectivity index (χ0v) is 23.4. The molecule has 4 rings (SSSR count). The van der Waals surface area contributed by atoms with Gasteiger partial charge in [-0.1, -0.05) is 18.2 Å². The van der Waals surface area contributed by atoms with Crippen molar-refractivity contribution in [2.24, 2.45) is 10.7 Å². The van der Waals surface area contributed by atoms with Gasteiger partial charge in [-0.25, -0.2) is 14.8 Å². The van der Waals surface area contributed by atoms with E-state index in [0.29, 0.717) is 34.2 Å². The number of allylic oxidation sites excluding steroid dienone is 1. The van der Waals surface area contributed by atoms with Crippen LogP contribution in [0.2, 0.25) is 0 Å². The van der Waals surface area contributed by atoms with Crippen molar-refractivity contribution in [3.8, 4) is 17.2 Å². The van der Waals surface area contributed by atoms with Gasteiger partial charge in [-0.15, -0.1) is 0 Å². The van der Waals surface area contributed by atoms with Crippen LogP contribution in [0.5, 0.6) is 5.75 Å². The summed E-state index contributed by atoms with van der Waals surface area (Å²) in [5, 5.41) is 6.48. The van der Waals surface area contributed by atoms with E-state index in [0.717, 1.165) is 16.8 Å². The SMILES string of the molecule is CCOC(=O)c1cnc(NC(C)C(C(C)=NC)=C(C)N)nc1Nc1cccc(-c2nc3ccccc3o2)c1OC. The lowest BCUT2D eigenvalue weighted by molar-refractivity contribution is 0.0526. The molecular weight excluding hydrogens is 510 g/mol. The van der Waals surface area contributed by atoms with E-state index >= 15 is 0 Å². The summed E-state index contributed by atoms with van der Waals surface area (Å²) in [7, 11) is 3.26. The zero-order valence-electron chi connectivity index (χ0n) is 23.4. The number of esters is 1. The molecule has 2 heterocycles. The minimum atomic E-state index is -0.564. The number of nitrogens with zero attached hydrogens (tertiary/aromatic N) is 4. The first-order valence-electron chi connectivity index (χ1n) is 12.8. The van der Waals surface area contributed by atoms with Gasteiger partial charge in [0.25, 0.3) is 0 Å². The number of carbonyl (C=O) groups excluding carboxylic acids is 1. The molecule has 1 atom stereocenters. The van der Waals surface area contributed by atoms with Gasteiger partial charge in [0.1, 0.15) is 11.1 Å². The molecule has 11 heteroatoms. The van der Waals surface area contributed by atoms with Crippen molar-refractivity contribution in [1.29, 1.82) is 0 Å². The van der Waals surface area contributed by atoms with Crippen LogP contribution in [0.3, 0.4) is 0 Å². The molecule has 0 saturated heterocycles. The van der Waals surface area contributed by atoms with Crippen LogP contribution >= 0.6 is 0 Å². The number of para-hydroxylation sites is 3. The van der Waals surface area contributed by atoms with Gasteiger partial charge in [-0.2, -0.15) is 4.98 Å². The molecule has 4 N–H and O–H groups in total. The van der Waals surface area contributed by atoms with Crippen molar-refractivity contribution in [3.63, 3.8) is 0 Å². The molecule has 1 unspecified atom stereocenters. The average Bonchev–Trinajstić information content (AvgIpc) is 3.37. The standard InChI is InChI=1S/C29H33N7O4/c1-7-39-28(37)20-15-32-29(33-18(4)24(16(2)30)17(3)31-5)36-26(20)34-22-13-10-11-19(25(22)38-6)27-35-21-12-8-9-14-23(21)40-27/h8-15,18H,7,30H2,1-6H3,(H2,32,33,34,36). The Morgan fingerprint density at radius 2 is 1.93 bits per heavy atom. The Kier molecular flexibility index (Phi) is 8.63. The molecule has 11 nitrogen and oxygen atoms in total. The number of hydrogen-bond acceptors (Lipinski definition) is 11. The highest BCUT2D eigenvalue weighted by molar-refractivity contribution is 6.00. The monoisotopic (exact) mass is 543 g/mol. The van der Waals surface area contributed by atoms with Gasteiger partial charge in [0.2, 0.25) is 11.8 Å². The minimum Gasteiger partial charge on any atom is -0.494 e. The summed E-state index contributed by atoms with van der Waals surface area (Å²) in [4.78, 5) is 30.6. The lowest BCUT2D eigenvalue weighted by atomic mass is 10.0. The van der Waals surface area contributed by atoms with Gasteiger partial charge in [0.05, 0.1) is 31.0 Å². The highest BCUT2D eigenvalue weighted by Crippen LogP contribution is 2.38. The van der Waals surface area contributed by atoms with E-state index in [1.54, 1.807) is 27.1 Å². The predicted octanol–water partition coefficient (Wildman–Crippen LogP) is 5.34. The third kappa shape index (κ3) is 5.88. The Morgan fingerprint density at radius 1 is 1.15 bits per heavy atom. The maximum Gasteiger partial charge on any atom is 0.343 e. The fourth-order valence-electron chi connectivity index (χ4n) is 4.37. The van der Waals surface area contributed by atoms with Gasteiger partial charge in [0, 0.05) is 30.2 Å². The number of carbonyl (C=O) groups is 1. The molecule has 40 heavy (non-hydrogen) atoms. The molecular formula is C29H33N7O4. The largest absolute Gasteiger partial charge is 0.494 e. The number of rotatable bonds is 10. The summed E-state index contributed by atoms with van der Waals surface area (Å²) < 4.78 is 17.0. The fourth-order valence-corrected chi connectivity index (χ4v) is 4.37. The zero-order chi connectivity index (χ0) is 28.8. The van der Waals surface area contributed by atoms with E-state index in [1.165, 1.54) is 6.20 Å².